The van der Waals surface area contributed by atoms with Crippen LogP contribution >= 0.6 is 11.6 Å². The molecule has 0 spiro atoms. The van der Waals surface area contributed by atoms with E-state index in [4.69, 9.17) is 16.0 Å². The van der Waals surface area contributed by atoms with E-state index in [2.05, 4.69) is 10.3 Å². The number of pyridine rings is 1. The van der Waals surface area contributed by atoms with Crippen LogP contribution in [0.3, 0.4) is 0 Å². The molecule has 1 atom stereocenters. The monoisotopic (exact) mass is 236 g/mol. The van der Waals surface area contributed by atoms with Crippen molar-refractivity contribution >= 4 is 11.6 Å². The maximum absolute atomic E-state index is 6.10. The third-order valence-corrected chi connectivity index (χ3v) is 2.83. The van der Waals surface area contributed by atoms with E-state index in [1.807, 2.05) is 25.2 Å². The number of halogens is 1. The SMILES string of the molecule is CNC(Cc1ccco1)c1ccncc1Cl. The Kier molecular flexibility index (Phi) is 3.59. The fourth-order valence-electron chi connectivity index (χ4n) is 1.67. The van der Waals surface area contributed by atoms with Crippen LogP contribution in [0.5, 0.6) is 0 Å². The topological polar surface area (TPSA) is 38.1 Å². The van der Waals surface area contributed by atoms with Gasteiger partial charge in [-0.2, -0.15) is 0 Å². The zero-order chi connectivity index (χ0) is 11.4. The average Bonchev–Trinajstić information content (AvgIpc) is 2.80. The molecule has 0 saturated heterocycles. The van der Waals surface area contributed by atoms with Crippen molar-refractivity contribution in [3.05, 3.63) is 53.2 Å². The van der Waals surface area contributed by atoms with E-state index in [0.717, 1.165) is 17.7 Å². The van der Waals surface area contributed by atoms with Crippen LogP contribution in [0, 0.1) is 0 Å². The van der Waals surface area contributed by atoms with E-state index in [0.29, 0.717) is 5.02 Å². The Balaban J connectivity index is 2.20. The summed E-state index contributed by atoms with van der Waals surface area (Å²) in [5.74, 6) is 0.937. The van der Waals surface area contributed by atoms with Gasteiger partial charge in [-0.25, -0.2) is 0 Å². The smallest absolute Gasteiger partial charge is 0.105 e. The van der Waals surface area contributed by atoms with Gasteiger partial charge in [0, 0.05) is 24.9 Å². The molecule has 0 aliphatic heterocycles. The summed E-state index contributed by atoms with van der Waals surface area (Å²) in [6.45, 7) is 0. The highest BCUT2D eigenvalue weighted by Gasteiger charge is 2.14. The highest BCUT2D eigenvalue weighted by atomic mass is 35.5. The van der Waals surface area contributed by atoms with Crippen LogP contribution in [-0.2, 0) is 6.42 Å². The molecule has 1 N–H and O–H groups in total. The minimum atomic E-state index is 0.140. The number of furan rings is 1. The zero-order valence-electron chi connectivity index (χ0n) is 8.98. The largest absolute Gasteiger partial charge is 0.469 e. The predicted octanol–water partition coefficient (Wildman–Crippen LogP) is 2.83. The molecule has 2 heterocycles. The number of nitrogens with one attached hydrogen (secondary N) is 1. The van der Waals surface area contributed by atoms with Gasteiger partial charge in [-0.05, 0) is 30.8 Å². The quantitative estimate of drug-likeness (QED) is 0.887. The van der Waals surface area contributed by atoms with Crippen molar-refractivity contribution in [3.8, 4) is 0 Å². The van der Waals surface area contributed by atoms with Gasteiger partial charge in [0.1, 0.15) is 5.76 Å². The molecule has 0 fully saturated rings. The van der Waals surface area contributed by atoms with Crippen LogP contribution in [0.2, 0.25) is 5.02 Å². The normalized spacial score (nSPS) is 12.6. The van der Waals surface area contributed by atoms with Crippen molar-refractivity contribution < 1.29 is 4.42 Å². The van der Waals surface area contributed by atoms with Crippen LogP contribution in [0.15, 0.2) is 41.3 Å². The summed E-state index contributed by atoms with van der Waals surface area (Å²) in [4.78, 5) is 3.98. The number of hydrogen-bond acceptors (Lipinski definition) is 3. The van der Waals surface area contributed by atoms with Crippen molar-refractivity contribution in [1.82, 2.24) is 10.3 Å². The first-order valence-corrected chi connectivity index (χ1v) is 5.48. The number of nitrogens with zero attached hydrogens (tertiary/aromatic N) is 1. The van der Waals surface area contributed by atoms with Gasteiger partial charge in [-0.1, -0.05) is 11.6 Å². The Morgan fingerprint density at radius 1 is 1.50 bits per heavy atom. The van der Waals surface area contributed by atoms with E-state index in [-0.39, 0.29) is 6.04 Å². The first-order valence-electron chi connectivity index (χ1n) is 5.10. The number of likely N-dealkylation sites (N-methyl/N-ethyl adjacent to an activating group) is 1. The summed E-state index contributed by atoms with van der Waals surface area (Å²) in [5, 5.41) is 3.90. The standard InChI is InChI=1S/C12H13ClN2O/c1-14-12(7-9-3-2-6-16-9)10-4-5-15-8-11(10)13/h2-6,8,12,14H,7H2,1H3. The van der Waals surface area contributed by atoms with Crippen molar-refractivity contribution in [2.75, 3.05) is 7.05 Å². The number of hydrogen-bond donors (Lipinski definition) is 1. The van der Waals surface area contributed by atoms with Gasteiger partial charge in [-0.3, -0.25) is 4.98 Å². The van der Waals surface area contributed by atoms with Crippen molar-refractivity contribution in [2.45, 2.75) is 12.5 Å². The first-order chi connectivity index (χ1) is 7.81. The van der Waals surface area contributed by atoms with Gasteiger partial charge in [0.05, 0.1) is 11.3 Å². The second kappa shape index (κ2) is 5.14. The molecule has 0 radical (unpaired) electrons. The van der Waals surface area contributed by atoms with E-state index < -0.39 is 0 Å². The van der Waals surface area contributed by atoms with E-state index in [9.17, 15) is 0 Å². The maximum atomic E-state index is 6.10. The lowest BCUT2D eigenvalue weighted by molar-refractivity contribution is 0.466. The molecule has 0 bridgehead atoms. The lowest BCUT2D eigenvalue weighted by Gasteiger charge is -2.16. The molecule has 0 saturated carbocycles. The highest BCUT2D eigenvalue weighted by Crippen LogP contribution is 2.24. The Morgan fingerprint density at radius 2 is 2.38 bits per heavy atom. The minimum Gasteiger partial charge on any atom is -0.469 e. The van der Waals surface area contributed by atoms with Crippen LogP contribution in [-0.4, -0.2) is 12.0 Å². The molecule has 0 aliphatic rings. The highest BCUT2D eigenvalue weighted by molar-refractivity contribution is 6.31. The minimum absolute atomic E-state index is 0.140. The van der Waals surface area contributed by atoms with Gasteiger partial charge in [0.2, 0.25) is 0 Å². The summed E-state index contributed by atoms with van der Waals surface area (Å²) < 4.78 is 5.33. The molecule has 4 heteroatoms. The van der Waals surface area contributed by atoms with Crippen LogP contribution in [0.4, 0.5) is 0 Å². The summed E-state index contributed by atoms with van der Waals surface area (Å²) in [5.41, 5.74) is 1.04. The summed E-state index contributed by atoms with van der Waals surface area (Å²) >= 11 is 6.10. The second-order valence-electron chi connectivity index (χ2n) is 3.52. The Morgan fingerprint density at radius 3 is 3.00 bits per heavy atom. The fraction of sp³-hybridized carbons (Fsp3) is 0.250. The molecule has 16 heavy (non-hydrogen) atoms. The predicted molar refractivity (Wildman–Crippen MR) is 63.5 cm³/mol. The summed E-state index contributed by atoms with van der Waals surface area (Å²) in [7, 11) is 1.91. The molecular weight excluding hydrogens is 224 g/mol. The van der Waals surface area contributed by atoms with Gasteiger partial charge in [0.15, 0.2) is 0 Å². The molecule has 0 aromatic carbocycles. The van der Waals surface area contributed by atoms with Crippen molar-refractivity contribution in [1.29, 1.82) is 0 Å². The van der Waals surface area contributed by atoms with Gasteiger partial charge < -0.3 is 9.73 Å². The van der Waals surface area contributed by atoms with E-state index in [1.54, 1.807) is 18.7 Å². The van der Waals surface area contributed by atoms with Gasteiger partial charge >= 0.3 is 0 Å². The Hall–Kier alpha value is -1.32. The fourth-order valence-corrected chi connectivity index (χ4v) is 1.92. The zero-order valence-corrected chi connectivity index (χ0v) is 9.74. The third-order valence-electron chi connectivity index (χ3n) is 2.51. The van der Waals surface area contributed by atoms with Crippen molar-refractivity contribution in [3.63, 3.8) is 0 Å². The van der Waals surface area contributed by atoms with Crippen LogP contribution < -0.4 is 5.32 Å². The van der Waals surface area contributed by atoms with E-state index in [1.165, 1.54) is 0 Å². The van der Waals surface area contributed by atoms with Gasteiger partial charge in [-0.15, -0.1) is 0 Å². The molecule has 2 rings (SSSR count). The van der Waals surface area contributed by atoms with E-state index >= 15 is 0 Å². The Labute approximate surface area is 99.5 Å². The molecule has 2 aromatic rings. The molecule has 1 unspecified atom stereocenters. The van der Waals surface area contributed by atoms with Crippen LogP contribution in [0.25, 0.3) is 0 Å². The molecule has 0 amide bonds. The molecule has 3 nitrogen and oxygen atoms in total. The van der Waals surface area contributed by atoms with Crippen LogP contribution in [0.1, 0.15) is 17.4 Å². The molecule has 0 aliphatic carbocycles. The lowest BCUT2D eigenvalue weighted by Crippen LogP contribution is -2.19. The third kappa shape index (κ3) is 2.43. The summed E-state index contributed by atoms with van der Waals surface area (Å²) in [6.07, 6.45) is 5.85. The van der Waals surface area contributed by atoms with Gasteiger partial charge in [0.25, 0.3) is 0 Å². The molecular formula is C12H13ClN2O. The number of rotatable bonds is 4. The Bertz CT molecular complexity index is 442. The lowest BCUT2D eigenvalue weighted by atomic mass is 10.0. The summed E-state index contributed by atoms with van der Waals surface area (Å²) in [6, 6.07) is 5.91. The second-order valence-corrected chi connectivity index (χ2v) is 3.93. The first kappa shape index (κ1) is 11.2. The number of aromatic nitrogens is 1. The average molecular weight is 237 g/mol. The molecule has 2 aromatic heterocycles. The maximum Gasteiger partial charge on any atom is 0.105 e. The van der Waals surface area contributed by atoms with Crippen molar-refractivity contribution in [2.24, 2.45) is 0 Å². The molecule has 84 valence electrons.